The van der Waals surface area contributed by atoms with E-state index in [1.807, 2.05) is 18.3 Å². The fourth-order valence-corrected chi connectivity index (χ4v) is 2.25. The molecule has 1 N–H and O–H groups in total. The van der Waals surface area contributed by atoms with E-state index >= 15 is 0 Å². The number of nitrogens with zero attached hydrogens (tertiary/aromatic N) is 2. The van der Waals surface area contributed by atoms with Crippen molar-refractivity contribution in [3.63, 3.8) is 0 Å². The van der Waals surface area contributed by atoms with Gasteiger partial charge in [-0.3, -0.25) is 0 Å². The molecule has 0 radical (unpaired) electrons. The van der Waals surface area contributed by atoms with Gasteiger partial charge in [0.15, 0.2) is 0 Å². The number of benzene rings is 1. The molecule has 0 saturated heterocycles. The van der Waals surface area contributed by atoms with Gasteiger partial charge in [0.1, 0.15) is 5.82 Å². The van der Waals surface area contributed by atoms with E-state index in [4.69, 9.17) is 23.2 Å². The number of hydrogen-bond donors (Lipinski definition) is 1. The molecule has 0 amide bonds. The third-order valence-corrected chi connectivity index (χ3v) is 3.46. The summed E-state index contributed by atoms with van der Waals surface area (Å²) in [6, 6.07) is 5.52. The lowest BCUT2D eigenvalue weighted by Gasteiger charge is -2.10. The highest BCUT2D eigenvalue weighted by Gasteiger charge is 2.06. The standard InChI is InChI=1S/C14H17Cl2N3/c1-2-5-17-9-14-18-6-7-19(14)10-11-8-12(15)3-4-13(11)16/h3-4,6-8,17H,2,5,9-10H2,1H3. The molecule has 0 saturated carbocycles. The molecule has 1 aromatic carbocycles. The van der Waals surface area contributed by atoms with Crippen LogP contribution in [0.15, 0.2) is 30.6 Å². The summed E-state index contributed by atoms with van der Waals surface area (Å²) >= 11 is 12.2. The number of nitrogens with one attached hydrogen (secondary N) is 1. The summed E-state index contributed by atoms with van der Waals surface area (Å²) in [6.45, 7) is 4.58. The Bertz CT molecular complexity index is 537. The Morgan fingerprint density at radius 2 is 2.16 bits per heavy atom. The largest absolute Gasteiger partial charge is 0.329 e. The minimum Gasteiger partial charge on any atom is -0.329 e. The fraction of sp³-hybridized carbons (Fsp3) is 0.357. The molecule has 0 aliphatic carbocycles. The van der Waals surface area contributed by atoms with Crippen molar-refractivity contribution in [1.29, 1.82) is 0 Å². The molecular weight excluding hydrogens is 281 g/mol. The molecule has 0 spiro atoms. The van der Waals surface area contributed by atoms with Gasteiger partial charge in [0.2, 0.25) is 0 Å². The molecule has 2 rings (SSSR count). The summed E-state index contributed by atoms with van der Waals surface area (Å²) in [6.07, 6.45) is 4.88. The Labute approximate surface area is 123 Å². The highest BCUT2D eigenvalue weighted by atomic mass is 35.5. The molecule has 0 atom stereocenters. The zero-order valence-electron chi connectivity index (χ0n) is 10.9. The smallest absolute Gasteiger partial charge is 0.122 e. The van der Waals surface area contributed by atoms with E-state index in [-0.39, 0.29) is 0 Å². The van der Waals surface area contributed by atoms with Crippen molar-refractivity contribution in [2.24, 2.45) is 0 Å². The van der Waals surface area contributed by atoms with Crippen LogP contribution in [0.25, 0.3) is 0 Å². The van der Waals surface area contributed by atoms with E-state index in [1.165, 1.54) is 0 Å². The normalized spacial score (nSPS) is 10.9. The maximum Gasteiger partial charge on any atom is 0.122 e. The molecule has 0 unspecified atom stereocenters. The third-order valence-electron chi connectivity index (χ3n) is 2.86. The molecule has 0 bridgehead atoms. The van der Waals surface area contributed by atoms with Gasteiger partial charge in [-0.05, 0) is 36.7 Å². The SMILES string of the molecule is CCCNCc1nccn1Cc1cc(Cl)ccc1Cl. The summed E-state index contributed by atoms with van der Waals surface area (Å²) in [5, 5.41) is 4.77. The van der Waals surface area contributed by atoms with Gasteiger partial charge in [-0.25, -0.2) is 4.98 Å². The van der Waals surface area contributed by atoms with Crippen LogP contribution in [-0.2, 0) is 13.1 Å². The monoisotopic (exact) mass is 297 g/mol. The lowest BCUT2D eigenvalue weighted by molar-refractivity contribution is 0.615. The zero-order valence-corrected chi connectivity index (χ0v) is 12.4. The molecule has 19 heavy (non-hydrogen) atoms. The second kappa shape index (κ2) is 6.94. The molecule has 2 aromatic rings. The first-order chi connectivity index (χ1) is 9.20. The summed E-state index contributed by atoms with van der Waals surface area (Å²) < 4.78 is 2.08. The number of hydrogen-bond acceptors (Lipinski definition) is 2. The van der Waals surface area contributed by atoms with Gasteiger partial charge in [0.05, 0.1) is 13.1 Å². The van der Waals surface area contributed by atoms with Crippen LogP contribution >= 0.6 is 23.2 Å². The van der Waals surface area contributed by atoms with Crippen LogP contribution in [0.1, 0.15) is 24.7 Å². The third kappa shape index (κ3) is 3.96. The molecule has 0 aliphatic heterocycles. The molecule has 1 aromatic heterocycles. The summed E-state index contributed by atoms with van der Waals surface area (Å²) in [7, 11) is 0. The van der Waals surface area contributed by atoms with Gasteiger partial charge in [-0.2, -0.15) is 0 Å². The topological polar surface area (TPSA) is 29.9 Å². The lowest BCUT2D eigenvalue weighted by atomic mass is 10.2. The number of halogens is 2. The highest BCUT2D eigenvalue weighted by molar-refractivity contribution is 6.33. The van der Waals surface area contributed by atoms with Crippen molar-refractivity contribution >= 4 is 23.2 Å². The zero-order chi connectivity index (χ0) is 13.7. The quantitative estimate of drug-likeness (QED) is 0.823. The Hall–Kier alpha value is -1.03. The van der Waals surface area contributed by atoms with Gasteiger partial charge >= 0.3 is 0 Å². The Morgan fingerprint density at radius 3 is 2.95 bits per heavy atom. The summed E-state index contributed by atoms with van der Waals surface area (Å²) in [5.41, 5.74) is 1.00. The van der Waals surface area contributed by atoms with Crippen LogP contribution in [0, 0.1) is 0 Å². The molecule has 1 heterocycles. The van der Waals surface area contributed by atoms with Crippen molar-refractivity contribution in [3.05, 3.63) is 52.0 Å². The van der Waals surface area contributed by atoms with Gasteiger partial charge in [-0.15, -0.1) is 0 Å². The van der Waals surface area contributed by atoms with Crippen molar-refractivity contribution in [2.45, 2.75) is 26.4 Å². The van der Waals surface area contributed by atoms with Crippen molar-refractivity contribution in [1.82, 2.24) is 14.9 Å². The van der Waals surface area contributed by atoms with Gasteiger partial charge in [0.25, 0.3) is 0 Å². The van der Waals surface area contributed by atoms with E-state index < -0.39 is 0 Å². The van der Waals surface area contributed by atoms with Crippen LogP contribution in [0.3, 0.4) is 0 Å². The van der Waals surface area contributed by atoms with E-state index in [9.17, 15) is 0 Å². The number of imidazole rings is 1. The van der Waals surface area contributed by atoms with E-state index in [0.29, 0.717) is 11.6 Å². The van der Waals surface area contributed by atoms with Crippen LogP contribution in [0.2, 0.25) is 10.0 Å². The summed E-state index contributed by atoms with van der Waals surface area (Å²) in [4.78, 5) is 4.36. The van der Waals surface area contributed by atoms with Gasteiger partial charge < -0.3 is 9.88 Å². The van der Waals surface area contributed by atoms with Crippen LogP contribution < -0.4 is 5.32 Å². The van der Waals surface area contributed by atoms with E-state index in [0.717, 1.165) is 35.9 Å². The molecule has 0 fully saturated rings. The second-order valence-corrected chi connectivity index (χ2v) is 5.23. The fourth-order valence-electron chi connectivity index (χ4n) is 1.88. The molecule has 5 heteroatoms. The Kier molecular flexibility index (Phi) is 5.25. The lowest BCUT2D eigenvalue weighted by Crippen LogP contribution is -2.18. The predicted molar refractivity (Wildman–Crippen MR) is 79.8 cm³/mol. The molecule has 0 aliphatic rings. The first-order valence-electron chi connectivity index (χ1n) is 6.35. The van der Waals surface area contributed by atoms with Gasteiger partial charge in [-0.1, -0.05) is 30.1 Å². The maximum atomic E-state index is 6.18. The molecular formula is C14H17Cl2N3. The van der Waals surface area contributed by atoms with Crippen LogP contribution in [-0.4, -0.2) is 16.1 Å². The van der Waals surface area contributed by atoms with E-state index in [1.54, 1.807) is 12.3 Å². The van der Waals surface area contributed by atoms with Crippen molar-refractivity contribution < 1.29 is 0 Å². The molecule has 3 nitrogen and oxygen atoms in total. The number of rotatable bonds is 6. The maximum absolute atomic E-state index is 6.18. The Balaban J connectivity index is 2.10. The number of aromatic nitrogens is 2. The first-order valence-corrected chi connectivity index (χ1v) is 7.11. The van der Waals surface area contributed by atoms with Crippen LogP contribution in [0.4, 0.5) is 0 Å². The Morgan fingerprint density at radius 1 is 1.32 bits per heavy atom. The minimum absolute atomic E-state index is 0.683. The second-order valence-electron chi connectivity index (χ2n) is 4.38. The first kappa shape index (κ1) is 14.4. The average Bonchev–Trinajstić information content (AvgIpc) is 2.82. The molecule has 102 valence electrons. The van der Waals surface area contributed by atoms with Crippen LogP contribution in [0.5, 0.6) is 0 Å². The van der Waals surface area contributed by atoms with E-state index in [2.05, 4.69) is 21.8 Å². The van der Waals surface area contributed by atoms with Crippen molar-refractivity contribution in [3.8, 4) is 0 Å². The highest BCUT2D eigenvalue weighted by Crippen LogP contribution is 2.21. The minimum atomic E-state index is 0.683. The summed E-state index contributed by atoms with van der Waals surface area (Å²) in [5.74, 6) is 1.00. The van der Waals surface area contributed by atoms with Gasteiger partial charge in [0, 0.05) is 22.4 Å². The van der Waals surface area contributed by atoms with Crippen molar-refractivity contribution in [2.75, 3.05) is 6.54 Å². The average molecular weight is 298 g/mol. The predicted octanol–water partition coefficient (Wildman–Crippen LogP) is 3.74.